The fourth-order valence-electron chi connectivity index (χ4n) is 4.69. The summed E-state index contributed by atoms with van der Waals surface area (Å²) in [4.78, 5) is 19.6. The number of rotatable bonds is 12. The molecule has 0 aliphatic rings. The average Bonchev–Trinajstić information content (AvgIpc) is 3.35. The van der Waals surface area contributed by atoms with Gasteiger partial charge in [-0.05, 0) is 91.9 Å². The number of nitrogens with two attached hydrogens (primary N) is 1. The van der Waals surface area contributed by atoms with Crippen LogP contribution in [-0.2, 0) is 6.54 Å². The van der Waals surface area contributed by atoms with Crippen molar-refractivity contribution in [1.29, 1.82) is 0 Å². The standard InChI is InChI=1S/C32H38N4O3S/c1-22-18-23(2)20-26(19-22)34-32-36(17-7-5-6-16-33)29(21-40-32)31(37)35-30(24-8-12-27(38-3)13-9-24)25-10-14-28(39-4)15-11-25/h8-15,18-21,30H,5-7,16-17,33H2,1-4H3,(H,35,37). The smallest absolute Gasteiger partial charge is 0.269 e. The lowest BCUT2D eigenvalue weighted by atomic mass is 9.98. The summed E-state index contributed by atoms with van der Waals surface area (Å²) in [6.07, 6.45) is 2.85. The maximum Gasteiger partial charge on any atom is 0.269 e. The molecule has 0 atom stereocenters. The van der Waals surface area contributed by atoms with Crippen LogP contribution in [0.4, 0.5) is 5.69 Å². The summed E-state index contributed by atoms with van der Waals surface area (Å²) in [5, 5.41) is 5.18. The third-order valence-corrected chi connectivity index (χ3v) is 7.58. The number of nitrogens with zero attached hydrogens (tertiary/aromatic N) is 2. The van der Waals surface area contributed by atoms with E-state index in [-0.39, 0.29) is 11.9 Å². The molecule has 7 nitrogen and oxygen atoms in total. The van der Waals surface area contributed by atoms with E-state index >= 15 is 0 Å². The summed E-state index contributed by atoms with van der Waals surface area (Å²) in [7, 11) is 3.28. The third-order valence-electron chi connectivity index (χ3n) is 6.72. The van der Waals surface area contributed by atoms with Gasteiger partial charge in [-0.1, -0.05) is 36.8 Å². The Morgan fingerprint density at radius 2 is 1.48 bits per heavy atom. The number of aryl methyl sites for hydroxylation is 2. The van der Waals surface area contributed by atoms with E-state index in [0.717, 1.165) is 63.5 Å². The first kappa shape index (κ1) is 29.1. The number of nitrogens with one attached hydrogen (secondary N) is 1. The number of amides is 1. The molecule has 0 aliphatic heterocycles. The monoisotopic (exact) mass is 558 g/mol. The number of benzene rings is 3. The van der Waals surface area contributed by atoms with Gasteiger partial charge < -0.3 is 25.1 Å². The molecule has 0 fully saturated rings. The minimum absolute atomic E-state index is 0.159. The van der Waals surface area contributed by atoms with E-state index in [1.165, 1.54) is 11.3 Å². The van der Waals surface area contributed by atoms with E-state index in [1.54, 1.807) is 14.2 Å². The van der Waals surface area contributed by atoms with Gasteiger partial charge in [0.05, 0.1) is 25.9 Å². The highest BCUT2D eigenvalue weighted by molar-refractivity contribution is 7.07. The van der Waals surface area contributed by atoms with Crippen LogP contribution in [0.15, 0.2) is 77.1 Å². The van der Waals surface area contributed by atoms with Crippen molar-refractivity contribution in [3.63, 3.8) is 0 Å². The van der Waals surface area contributed by atoms with E-state index in [4.69, 9.17) is 20.2 Å². The number of methoxy groups -OCH3 is 2. The fraction of sp³-hybridized carbons (Fsp3) is 0.312. The summed E-state index contributed by atoms with van der Waals surface area (Å²) in [5.74, 6) is 1.36. The van der Waals surface area contributed by atoms with Crippen LogP contribution in [0.3, 0.4) is 0 Å². The zero-order chi connectivity index (χ0) is 28.5. The largest absolute Gasteiger partial charge is 0.497 e. The van der Waals surface area contributed by atoms with Crippen molar-refractivity contribution < 1.29 is 14.3 Å². The number of carbonyl (C=O) groups excluding carboxylic acids is 1. The van der Waals surface area contributed by atoms with Gasteiger partial charge in [-0.3, -0.25) is 4.79 Å². The lowest BCUT2D eigenvalue weighted by molar-refractivity contribution is 0.0933. The Morgan fingerprint density at radius 1 is 0.900 bits per heavy atom. The van der Waals surface area contributed by atoms with Crippen LogP contribution < -0.4 is 25.3 Å². The predicted octanol–water partition coefficient (Wildman–Crippen LogP) is 6.06. The van der Waals surface area contributed by atoms with Crippen LogP contribution in [0, 0.1) is 13.8 Å². The highest BCUT2D eigenvalue weighted by Crippen LogP contribution is 2.27. The lowest BCUT2D eigenvalue weighted by Gasteiger charge is -2.21. The molecule has 3 aromatic carbocycles. The topological polar surface area (TPSA) is 90.9 Å². The van der Waals surface area contributed by atoms with Gasteiger partial charge in [0.1, 0.15) is 17.2 Å². The Labute approximate surface area is 240 Å². The molecule has 8 heteroatoms. The Morgan fingerprint density at radius 3 is 2.00 bits per heavy atom. The average molecular weight is 559 g/mol. The first-order valence-corrected chi connectivity index (χ1v) is 14.4. The number of carbonyl (C=O) groups is 1. The molecule has 1 amide bonds. The molecule has 0 radical (unpaired) electrons. The number of unbranched alkanes of at least 4 members (excludes halogenated alkanes) is 2. The van der Waals surface area contributed by atoms with Gasteiger partial charge in [0.2, 0.25) is 0 Å². The molecule has 210 valence electrons. The predicted molar refractivity (Wildman–Crippen MR) is 162 cm³/mol. The lowest BCUT2D eigenvalue weighted by Crippen LogP contribution is -2.32. The van der Waals surface area contributed by atoms with Crippen molar-refractivity contribution in [1.82, 2.24) is 9.88 Å². The normalized spacial score (nSPS) is 11.6. The van der Waals surface area contributed by atoms with Crippen LogP contribution in [0.1, 0.15) is 58.0 Å². The van der Waals surface area contributed by atoms with Gasteiger partial charge in [-0.15, -0.1) is 11.3 Å². The number of thiazole rings is 1. The molecule has 1 heterocycles. The Kier molecular flexibility index (Phi) is 10.2. The van der Waals surface area contributed by atoms with Crippen molar-refractivity contribution in [2.24, 2.45) is 10.7 Å². The molecule has 0 bridgehead atoms. The Balaban J connectivity index is 1.71. The Hall–Kier alpha value is -3.88. The molecule has 4 rings (SSSR count). The summed E-state index contributed by atoms with van der Waals surface area (Å²) >= 11 is 1.48. The number of hydrogen-bond acceptors (Lipinski definition) is 6. The maximum atomic E-state index is 13.9. The second-order valence-corrected chi connectivity index (χ2v) is 10.7. The molecule has 3 N–H and O–H groups in total. The van der Waals surface area contributed by atoms with Crippen molar-refractivity contribution in [3.05, 3.63) is 105 Å². The van der Waals surface area contributed by atoms with Gasteiger partial charge in [-0.25, -0.2) is 4.99 Å². The van der Waals surface area contributed by atoms with Gasteiger partial charge in [0.25, 0.3) is 5.91 Å². The molecule has 4 aromatic rings. The van der Waals surface area contributed by atoms with E-state index in [1.807, 2.05) is 58.5 Å². The summed E-state index contributed by atoms with van der Waals surface area (Å²) in [6, 6.07) is 21.4. The van der Waals surface area contributed by atoms with Crippen LogP contribution in [0.2, 0.25) is 0 Å². The van der Waals surface area contributed by atoms with Gasteiger partial charge in [-0.2, -0.15) is 0 Å². The van der Waals surface area contributed by atoms with E-state index < -0.39 is 0 Å². The van der Waals surface area contributed by atoms with Crippen molar-refractivity contribution in [2.75, 3.05) is 20.8 Å². The third kappa shape index (κ3) is 7.40. The maximum absolute atomic E-state index is 13.9. The number of hydrogen-bond donors (Lipinski definition) is 2. The van der Waals surface area contributed by atoms with Gasteiger partial charge in [0.15, 0.2) is 4.80 Å². The molecule has 0 aliphatic carbocycles. The molecule has 1 aromatic heterocycles. The zero-order valence-corrected chi connectivity index (χ0v) is 24.5. The SMILES string of the molecule is COc1ccc(C(NC(=O)c2csc(=Nc3cc(C)cc(C)c3)n2CCCCCN)c2ccc(OC)cc2)cc1. The summed E-state index contributed by atoms with van der Waals surface area (Å²) < 4.78 is 12.7. The minimum Gasteiger partial charge on any atom is -0.497 e. The van der Waals surface area contributed by atoms with Crippen LogP contribution in [0.25, 0.3) is 0 Å². The second-order valence-electron chi connectivity index (χ2n) is 9.81. The van der Waals surface area contributed by atoms with Crippen molar-refractivity contribution >= 4 is 22.9 Å². The summed E-state index contributed by atoms with van der Waals surface area (Å²) in [6.45, 7) is 5.48. The first-order chi connectivity index (χ1) is 19.4. The van der Waals surface area contributed by atoms with Crippen LogP contribution in [0.5, 0.6) is 11.5 Å². The zero-order valence-electron chi connectivity index (χ0n) is 23.6. The highest BCUT2D eigenvalue weighted by Gasteiger charge is 2.21. The van der Waals surface area contributed by atoms with Gasteiger partial charge in [0, 0.05) is 11.9 Å². The Bertz CT molecular complexity index is 1410. The fourth-order valence-corrected chi connectivity index (χ4v) is 5.62. The molecule has 0 spiro atoms. The van der Waals surface area contributed by atoms with Crippen molar-refractivity contribution in [2.45, 2.75) is 45.7 Å². The summed E-state index contributed by atoms with van der Waals surface area (Å²) in [5.41, 5.74) is 11.4. The first-order valence-electron chi connectivity index (χ1n) is 13.5. The molecule has 0 saturated heterocycles. The molecular weight excluding hydrogens is 520 g/mol. The number of aromatic nitrogens is 1. The minimum atomic E-state index is -0.366. The number of ether oxygens (including phenoxy) is 2. The molecule has 0 unspecified atom stereocenters. The van der Waals surface area contributed by atoms with E-state index in [2.05, 4.69) is 37.4 Å². The van der Waals surface area contributed by atoms with Crippen LogP contribution in [-0.4, -0.2) is 31.2 Å². The van der Waals surface area contributed by atoms with Gasteiger partial charge >= 0.3 is 0 Å². The molecular formula is C32H38N4O3S. The van der Waals surface area contributed by atoms with Crippen LogP contribution >= 0.6 is 11.3 Å². The highest BCUT2D eigenvalue weighted by atomic mass is 32.1. The van der Waals surface area contributed by atoms with E-state index in [9.17, 15) is 4.79 Å². The molecule has 40 heavy (non-hydrogen) atoms. The quantitative estimate of drug-likeness (QED) is 0.207. The van der Waals surface area contributed by atoms with E-state index in [0.29, 0.717) is 18.8 Å². The van der Waals surface area contributed by atoms with Crippen molar-refractivity contribution in [3.8, 4) is 11.5 Å². The second kappa shape index (κ2) is 14.0. The molecule has 0 saturated carbocycles.